The first-order valence-corrected chi connectivity index (χ1v) is 5.95. The van der Waals surface area contributed by atoms with E-state index in [1.165, 1.54) is 18.9 Å². The topological polar surface area (TPSA) is 67.2 Å². The molecule has 0 aromatic heterocycles. The van der Waals surface area contributed by atoms with Gasteiger partial charge in [-0.1, -0.05) is 12.1 Å². The predicted octanol–water partition coefficient (Wildman–Crippen LogP) is 2.01. The summed E-state index contributed by atoms with van der Waals surface area (Å²) in [6.07, 6.45) is 2.36. The molecule has 0 aliphatic carbocycles. The molecule has 1 aliphatic heterocycles. The Labute approximate surface area is 100 Å². The van der Waals surface area contributed by atoms with Crippen molar-refractivity contribution in [1.82, 2.24) is 5.32 Å². The molecular formula is C12H17N3O2. The molecule has 2 N–H and O–H groups in total. The van der Waals surface area contributed by atoms with E-state index in [9.17, 15) is 10.1 Å². The van der Waals surface area contributed by atoms with Gasteiger partial charge in [0.15, 0.2) is 0 Å². The summed E-state index contributed by atoms with van der Waals surface area (Å²) in [7, 11) is 0. The van der Waals surface area contributed by atoms with E-state index in [-0.39, 0.29) is 10.6 Å². The van der Waals surface area contributed by atoms with Crippen molar-refractivity contribution in [3.8, 4) is 0 Å². The van der Waals surface area contributed by atoms with Crippen molar-refractivity contribution in [1.29, 1.82) is 0 Å². The van der Waals surface area contributed by atoms with Crippen molar-refractivity contribution in [3.05, 3.63) is 34.4 Å². The minimum atomic E-state index is -0.346. The zero-order chi connectivity index (χ0) is 12.1. The molecule has 1 fully saturated rings. The zero-order valence-corrected chi connectivity index (χ0v) is 9.69. The van der Waals surface area contributed by atoms with Gasteiger partial charge in [-0.2, -0.15) is 0 Å². The van der Waals surface area contributed by atoms with Crippen LogP contribution in [0.15, 0.2) is 24.3 Å². The third-order valence-corrected chi connectivity index (χ3v) is 3.08. The summed E-state index contributed by atoms with van der Waals surface area (Å²) in [5.41, 5.74) is 0.763. The Hall–Kier alpha value is -1.62. The lowest BCUT2D eigenvalue weighted by molar-refractivity contribution is -0.384. The normalized spacial score (nSPS) is 19.9. The smallest absolute Gasteiger partial charge is 0.292 e. The van der Waals surface area contributed by atoms with Crippen LogP contribution in [-0.2, 0) is 0 Å². The Balaban J connectivity index is 1.96. The van der Waals surface area contributed by atoms with Gasteiger partial charge in [-0.05, 0) is 37.9 Å². The number of hydrogen-bond donors (Lipinski definition) is 2. The lowest BCUT2D eigenvalue weighted by Crippen LogP contribution is -2.33. The van der Waals surface area contributed by atoms with Gasteiger partial charge in [-0.25, -0.2) is 0 Å². The number of benzene rings is 1. The maximum atomic E-state index is 10.8. The summed E-state index contributed by atoms with van der Waals surface area (Å²) in [5, 5.41) is 17.3. The first-order chi connectivity index (χ1) is 8.27. The second kappa shape index (κ2) is 5.63. The molecule has 1 unspecified atom stereocenters. The van der Waals surface area contributed by atoms with Crippen molar-refractivity contribution in [2.24, 2.45) is 5.92 Å². The van der Waals surface area contributed by atoms with E-state index in [0.29, 0.717) is 11.6 Å². The molecule has 0 radical (unpaired) electrons. The van der Waals surface area contributed by atoms with Gasteiger partial charge in [0.2, 0.25) is 0 Å². The first kappa shape index (κ1) is 11.9. The van der Waals surface area contributed by atoms with Gasteiger partial charge in [0.25, 0.3) is 5.69 Å². The number of nitro benzene ring substituents is 1. The summed E-state index contributed by atoms with van der Waals surface area (Å²) in [5.74, 6) is 0.559. The molecule has 2 rings (SSSR count). The molecule has 0 bridgehead atoms. The Bertz CT molecular complexity index is 389. The Morgan fingerprint density at radius 1 is 1.47 bits per heavy atom. The van der Waals surface area contributed by atoms with Crippen LogP contribution in [0.5, 0.6) is 0 Å². The van der Waals surface area contributed by atoms with Crippen LogP contribution in [0.3, 0.4) is 0 Å². The van der Waals surface area contributed by atoms with Crippen LogP contribution >= 0.6 is 0 Å². The van der Waals surface area contributed by atoms with Gasteiger partial charge in [0.05, 0.1) is 4.92 Å². The molecule has 1 aromatic rings. The van der Waals surface area contributed by atoms with E-state index in [0.717, 1.165) is 19.6 Å². The Morgan fingerprint density at radius 3 is 3.00 bits per heavy atom. The summed E-state index contributed by atoms with van der Waals surface area (Å²) < 4.78 is 0. The molecule has 1 aromatic carbocycles. The average molecular weight is 235 g/mol. The van der Waals surface area contributed by atoms with Gasteiger partial charge in [-0.3, -0.25) is 10.1 Å². The van der Waals surface area contributed by atoms with Crippen LogP contribution in [0.2, 0.25) is 0 Å². The quantitative estimate of drug-likeness (QED) is 0.618. The standard InChI is InChI=1S/C12H17N3O2/c16-15(17)12-6-2-1-5-11(12)14-9-10-4-3-7-13-8-10/h1-2,5-6,10,13-14H,3-4,7-9H2. The SMILES string of the molecule is O=[N+]([O-])c1ccccc1NCC1CCCNC1. The van der Waals surface area contributed by atoms with Crippen LogP contribution in [0.25, 0.3) is 0 Å². The average Bonchev–Trinajstić information content (AvgIpc) is 2.38. The fourth-order valence-electron chi connectivity index (χ4n) is 2.13. The zero-order valence-electron chi connectivity index (χ0n) is 9.69. The van der Waals surface area contributed by atoms with Crippen molar-refractivity contribution >= 4 is 11.4 Å². The highest BCUT2D eigenvalue weighted by Crippen LogP contribution is 2.23. The summed E-state index contributed by atoms with van der Waals surface area (Å²) in [6.45, 7) is 2.87. The van der Waals surface area contributed by atoms with E-state index >= 15 is 0 Å². The molecule has 0 saturated carbocycles. The van der Waals surface area contributed by atoms with E-state index < -0.39 is 0 Å². The molecule has 1 aliphatic rings. The Morgan fingerprint density at radius 2 is 2.29 bits per heavy atom. The van der Waals surface area contributed by atoms with Crippen LogP contribution in [0.1, 0.15) is 12.8 Å². The number of piperidine rings is 1. The number of nitrogens with one attached hydrogen (secondary N) is 2. The monoisotopic (exact) mass is 235 g/mol. The third kappa shape index (κ3) is 3.17. The van der Waals surface area contributed by atoms with Crippen molar-refractivity contribution < 1.29 is 4.92 Å². The summed E-state index contributed by atoms with van der Waals surface area (Å²) in [6, 6.07) is 6.79. The van der Waals surface area contributed by atoms with Gasteiger partial charge in [0.1, 0.15) is 5.69 Å². The number of nitro groups is 1. The van der Waals surface area contributed by atoms with Crippen molar-refractivity contribution in [3.63, 3.8) is 0 Å². The van der Waals surface area contributed by atoms with Gasteiger partial charge in [0, 0.05) is 12.6 Å². The van der Waals surface area contributed by atoms with E-state index in [2.05, 4.69) is 10.6 Å². The van der Waals surface area contributed by atoms with Crippen LogP contribution in [0.4, 0.5) is 11.4 Å². The molecule has 17 heavy (non-hydrogen) atoms. The first-order valence-electron chi connectivity index (χ1n) is 5.95. The Kier molecular flexibility index (Phi) is 3.93. The molecule has 1 atom stereocenters. The van der Waals surface area contributed by atoms with Crippen molar-refractivity contribution in [2.75, 3.05) is 25.0 Å². The summed E-state index contributed by atoms with van der Waals surface area (Å²) in [4.78, 5) is 10.5. The highest BCUT2D eigenvalue weighted by Gasteiger charge is 2.16. The lowest BCUT2D eigenvalue weighted by atomic mass is 10.00. The second-order valence-corrected chi connectivity index (χ2v) is 4.37. The number of nitrogens with zero attached hydrogens (tertiary/aromatic N) is 1. The van der Waals surface area contributed by atoms with Crippen molar-refractivity contribution in [2.45, 2.75) is 12.8 Å². The molecule has 5 heteroatoms. The fourth-order valence-corrected chi connectivity index (χ4v) is 2.13. The maximum absolute atomic E-state index is 10.8. The number of hydrogen-bond acceptors (Lipinski definition) is 4. The molecule has 0 amide bonds. The molecule has 0 spiro atoms. The third-order valence-electron chi connectivity index (χ3n) is 3.08. The largest absolute Gasteiger partial charge is 0.379 e. The van der Waals surface area contributed by atoms with E-state index in [4.69, 9.17) is 0 Å². The molecule has 1 saturated heterocycles. The number of para-hydroxylation sites is 2. The predicted molar refractivity (Wildman–Crippen MR) is 67.2 cm³/mol. The lowest BCUT2D eigenvalue weighted by Gasteiger charge is -2.23. The maximum Gasteiger partial charge on any atom is 0.292 e. The number of anilines is 1. The van der Waals surface area contributed by atoms with Gasteiger partial charge >= 0.3 is 0 Å². The molecule has 5 nitrogen and oxygen atoms in total. The van der Waals surface area contributed by atoms with Crippen LogP contribution < -0.4 is 10.6 Å². The molecule has 1 heterocycles. The summed E-state index contributed by atoms with van der Waals surface area (Å²) >= 11 is 0. The van der Waals surface area contributed by atoms with E-state index in [1.54, 1.807) is 12.1 Å². The highest BCUT2D eigenvalue weighted by atomic mass is 16.6. The van der Waals surface area contributed by atoms with E-state index in [1.807, 2.05) is 6.07 Å². The molecular weight excluding hydrogens is 218 g/mol. The van der Waals surface area contributed by atoms with Gasteiger partial charge in [-0.15, -0.1) is 0 Å². The minimum absolute atomic E-state index is 0.149. The molecule has 92 valence electrons. The van der Waals surface area contributed by atoms with Gasteiger partial charge < -0.3 is 10.6 Å². The minimum Gasteiger partial charge on any atom is -0.379 e. The fraction of sp³-hybridized carbons (Fsp3) is 0.500. The highest BCUT2D eigenvalue weighted by molar-refractivity contribution is 5.61. The van der Waals surface area contributed by atoms with Crippen LogP contribution in [0, 0.1) is 16.0 Å². The van der Waals surface area contributed by atoms with Crippen LogP contribution in [-0.4, -0.2) is 24.6 Å². The number of rotatable bonds is 4. The second-order valence-electron chi connectivity index (χ2n) is 4.37.